The fraction of sp³-hybridized carbons (Fsp3) is 0.556. The topological polar surface area (TPSA) is 24.1 Å². The quantitative estimate of drug-likeness (QED) is 0.556. The van der Waals surface area contributed by atoms with Crippen molar-refractivity contribution in [3.8, 4) is 0 Å². The highest BCUT2D eigenvalue weighted by atomic mass is 15.0. The molecule has 2 bridgehead atoms. The van der Waals surface area contributed by atoms with Crippen LogP contribution in [-0.2, 0) is 0 Å². The van der Waals surface area contributed by atoms with Crippen molar-refractivity contribution in [1.82, 2.24) is 10.6 Å². The third-order valence-corrected chi connectivity index (χ3v) is 8.08. The van der Waals surface area contributed by atoms with Crippen molar-refractivity contribution in [2.45, 2.75) is 52.0 Å². The standard InChI is InChI=1S/C27H38N2/c1-20-25-18-23(27(25,2)3)19-26(20)29-17-16-28-15-14-24(21-10-6-4-7-11-21)22-12-8-5-9-13-22/h4-13,20,23-26,28-29H,14-19H2,1-3H3. The SMILES string of the molecule is CC1C(NCCNCCC(c2ccccc2)c2ccccc2)CC2CC1C2(C)C. The van der Waals surface area contributed by atoms with Gasteiger partial charge in [0.25, 0.3) is 0 Å². The van der Waals surface area contributed by atoms with Gasteiger partial charge in [-0.05, 0) is 60.1 Å². The third kappa shape index (κ3) is 4.44. The fourth-order valence-electron chi connectivity index (χ4n) is 6.03. The Morgan fingerprint density at radius 3 is 2.03 bits per heavy atom. The number of rotatable bonds is 9. The zero-order chi connectivity index (χ0) is 20.3. The summed E-state index contributed by atoms with van der Waals surface area (Å²) in [7, 11) is 0. The molecule has 0 aliphatic heterocycles. The molecule has 4 atom stereocenters. The lowest BCUT2D eigenvalue weighted by Gasteiger charge is -2.62. The van der Waals surface area contributed by atoms with Gasteiger partial charge in [0.2, 0.25) is 0 Å². The minimum absolute atomic E-state index is 0.463. The van der Waals surface area contributed by atoms with Gasteiger partial charge in [0, 0.05) is 25.0 Å². The average molecular weight is 391 g/mol. The summed E-state index contributed by atoms with van der Waals surface area (Å²) in [5.41, 5.74) is 3.41. The van der Waals surface area contributed by atoms with Gasteiger partial charge in [0.15, 0.2) is 0 Å². The largest absolute Gasteiger partial charge is 0.315 e. The Hall–Kier alpha value is -1.64. The Balaban J connectivity index is 1.21. The van der Waals surface area contributed by atoms with Crippen molar-refractivity contribution in [2.75, 3.05) is 19.6 Å². The summed E-state index contributed by atoms with van der Waals surface area (Å²) in [5.74, 6) is 3.14. The minimum Gasteiger partial charge on any atom is -0.315 e. The van der Waals surface area contributed by atoms with Gasteiger partial charge < -0.3 is 10.6 Å². The number of hydrogen-bond donors (Lipinski definition) is 2. The normalized spacial score (nSPS) is 27.6. The van der Waals surface area contributed by atoms with Crippen molar-refractivity contribution in [2.24, 2.45) is 23.2 Å². The van der Waals surface area contributed by atoms with E-state index in [0.717, 1.165) is 49.9 Å². The van der Waals surface area contributed by atoms with Crippen LogP contribution >= 0.6 is 0 Å². The minimum atomic E-state index is 0.463. The molecule has 2 heteroatoms. The molecular weight excluding hydrogens is 352 g/mol. The van der Waals surface area contributed by atoms with E-state index in [2.05, 4.69) is 92.1 Å². The van der Waals surface area contributed by atoms with E-state index in [0.29, 0.717) is 11.3 Å². The fourth-order valence-corrected chi connectivity index (χ4v) is 6.03. The molecule has 0 amide bonds. The van der Waals surface area contributed by atoms with Gasteiger partial charge in [-0.1, -0.05) is 81.4 Å². The molecular formula is C27H38N2. The molecule has 2 aromatic carbocycles. The second-order valence-electron chi connectivity index (χ2n) is 9.93. The van der Waals surface area contributed by atoms with Crippen LogP contribution in [0.3, 0.4) is 0 Å². The summed E-state index contributed by atoms with van der Waals surface area (Å²) in [6.07, 6.45) is 3.96. The maximum atomic E-state index is 3.86. The summed E-state index contributed by atoms with van der Waals surface area (Å²) in [6.45, 7) is 10.6. The first-order chi connectivity index (χ1) is 14.1. The Kier molecular flexibility index (Phi) is 6.41. The molecule has 156 valence electrons. The Bertz CT molecular complexity index is 715. The molecule has 0 aromatic heterocycles. The van der Waals surface area contributed by atoms with E-state index in [-0.39, 0.29) is 0 Å². The van der Waals surface area contributed by atoms with Gasteiger partial charge in [-0.2, -0.15) is 0 Å². The summed E-state index contributed by atoms with van der Waals surface area (Å²) in [4.78, 5) is 0. The summed E-state index contributed by atoms with van der Waals surface area (Å²) in [6, 6.07) is 22.6. The molecule has 4 unspecified atom stereocenters. The molecule has 0 spiro atoms. The molecule has 3 aliphatic rings. The second kappa shape index (κ2) is 9.02. The number of fused-ring (bicyclic) bond motifs is 2. The molecule has 3 saturated carbocycles. The molecule has 0 radical (unpaired) electrons. The van der Waals surface area contributed by atoms with E-state index >= 15 is 0 Å². The van der Waals surface area contributed by atoms with Crippen molar-refractivity contribution in [3.63, 3.8) is 0 Å². The highest BCUT2D eigenvalue weighted by molar-refractivity contribution is 5.32. The molecule has 2 N–H and O–H groups in total. The highest BCUT2D eigenvalue weighted by Crippen LogP contribution is 2.61. The zero-order valence-electron chi connectivity index (χ0n) is 18.4. The Labute approximate surface area is 177 Å². The second-order valence-corrected chi connectivity index (χ2v) is 9.93. The predicted octanol–water partition coefficient (Wildman–Crippen LogP) is 5.46. The molecule has 29 heavy (non-hydrogen) atoms. The summed E-state index contributed by atoms with van der Waals surface area (Å²) in [5, 5.41) is 7.54. The number of benzene rings is 2. The van der Waals surface area contributed by atoms with E-state index in [4.69, 9.17) is 0 Å². The molecule has 0 saturated heterocycles. The van der Waals surface area contributed by atoms with Crippen molar-refractivity contribution in [1.29, 1.82) is 0 Å². The van der Waals surface area contributed by atoms with Gasteiger partial charge in [-0.25, -0.2) is 0 Å². The summed E-state index contributed by atoms with van der Waals surface area (Å²) < 4.78 is 0. The molecule has 5 rings (SSSR count). The van der Waals surface area contributed by atoms with Gasteiger partial charge in [0.05, 0.1) is 0 Å². The van der Waals surface area contributed by atoms with Crippen LogP contribution in [0, 0.1) is 23.2 Å². The molecule has 2 aromatic rings. The monoisotopic (exact) mass is 390 g/mol. The average Bonchev–Trinajstić information content (AvgIpc) is 2.75. The first-order valence-corrected chi connectivity index (χ1v) is 11.6. The van der Waals surface area contributed by atoms with Gasteiger partial charge in [0.1, 0.15) is 0 Å². The van der Waals surface area contributed by atoms with Gasteiger partial charge >= 0.3 is 0 Å². The first-order valence-electron chi connectivity index (χ1n) is 11.6. The lowest BCUT2D eigenvalue weighted by Crippen LogP contribution is -2.60. The van der Waals surface area contributed by atoms with Crippen LogP contribution in [0.15, 0.2) is 60.7 Å². The van der Waals surface area contributed by atoms with Gasteiger partial charge in [-0.3, -0.25) is 0 Å². The van der Waals surface area contributed by atoms with Crippen molar-refractivity contribution < 1.29 is 0 Å². The lowest BCUT2D eigenvalue weighted by atomic mass is 9.45. The molecule has 3 fully saturated rings. The zero-order valence-corrected chi connectivity index (χ0v) is 18.4. The van der Waals surface area contributed by atoms with Crippen LogP contribution in [0.2, 0.25) is 0 Å². The van der Waals surface area contributed by atoms with E-state index in [1.807, 2.05) is 0 Å². The van der Waals surface area contributed by atoms with E-state index in [9.17, 15) is 0 Å². The lowest BCUT2D eigenvalue weighted by molar-refractivity contribution is -0.114. The van der Waals surface area contributed by atoms with E-state index in [1.54, 1.807) is 0 Å². The summed E-state index contributed by atoms with van der Waals surface area (Å²) >= 11 is 0. The maximum absolute atomic E-state index is 3.86. The molecule has 0 heterocycles. The van der Waals surface area contributed by atoms with E-state index in [1.165, 1.54) is 24.0 Å². The molecule has 3 aliphatic carbocycles. The maximum Gasteiger partial charge on any atom is 0.0101 e. The van der Waals surface area contributed by atoms with Crippen LogP contribution in [0.5, 0.6) is 0 Å². The van der Waals surface area contributed by atoms with Crippen molar-refractivity contribution >= 4 is 0 Å². The highest BCUT2D eigenvalue weighted by Gasteiger charge is 2.55. The van der Waals surface area contributed by atoms with Gasteiger partial charge in [-0.15, -0.1) is 0 Å². The van der Waals surface area contributed by atoms with Crippen molar-refractivity contribution in [3.05, 3.63) is 71.8 Å². The van der Waals surface area contributed by atoms with Crippen LogP contribution in [0.1, 0.15) is 57.1 Å². The predicted molar refractivity (Wildman–Crippen MR) is 123 cm³/mol. The number of hydrogen-bond acceptors (Lipinski definition) is 2. The van der Waals surface area contributed by atoms with Crippen LogP contribution in [0.4, 0.5) is 0 Å². The van der Waals surface area contributed by atoms with Crippen LogP contribution in [-0.4, -0.2) is 25.7 Å². The van der Waals surface area contributed by atoms with E-state index < -0.39 is 0 Å². The first kappa shape index (κ1) is 20.6. The number of nitrogens with one attached hydrogen (secondary N) is 2. The van der Waals surface area contributed by atoms with Crippen LogP contribution in [0.25, 0.3) is 0 Å². The van der Waals surface area contributed by atoms with Crippen LogP contribution < -0.4 is 10.6 Å². The Morgan fingerprint density at radius 1 is 0.862 bits per heavy atom. The smallest absolute Gasteiger partial charge is 0.0101 e. The Morgan fingerprint density at radius 2 is 1.48 bits per heavy atom. The molecule has 2 nitrogen and oxygen atoms in total. The third-order valence-electron chi connectivity index (χ3n) is 8.08.